The zero-order valence-electron chi connectivity index (χ0n) is 14.5. The molecule has 4 rings (SSSR count). The number of aromatic nitrogens is 5. The first-order valence-corrected chi connectivity index (χ1v) is 9.99. The molecule has 0 unspecified atom stereocenters. The Morgan fingerprint density at radius 3 is 2.56 bits per heavy atom. The van der Waals surface area contributed by atoms with Crippen LogP contribution < -0.4 is 0 Å². The molecule has 3 aromatic heterocycles. The molecule has 7 nitrogen and oxygen atoms in total. The van der Waals surface area contributed by atoms with Crippen molar-refractivity contribution in [1.82, 2.24) is 24.3 Å². The van der Waals surface area contributed by atoms with E-state index in [0.717, 1.165) is 25.1 Å². The molecule has 0 aliphatic heterocycles. The van der Waals surface area contributed by atoms with Gasteiger partial charge in [-0.2, -0.15) is 18.3 Å². The molecule has 27 heavy (non-hydrogen) atoms. The van der Waals surface area contributed by atoms with Crippen LogP contribution in [0.3, 0.4) is 0 Å². The Morgan fingerprint density at radius 1 is 1.26 bits per heavy atom. The van der Waals surface area contributed by atoms with Gasteiger partial charge >= 0.3 is 6.18 Å². The lowest BCUT2D eigenvalue weighted by Crippen LogP contribution is -2.13. The summed E-state index contributed by atoms with van der Waals surface area (Å²) in [6.45, 7) is 1.53. The van der Waals surface area contributed by atoms with Gasteiger partial charge < -0.3 is 4.57 Å². The van der Waals surface area contributed by atoms with E-state index in [4.69, 9.17) is 0 Å². The van der Waals surface area contributed by atoms with Crippen LogP contribution in [0.2, 0.25) is 0 Å². The SMILES string of the molecule is CCS(=O)(=O)c1c(-n2cc3ncc(C(F)(F)F)cc3n2)nc(C2CC2)n1C. The minimum Gasteiger partial charge on any atom is -0.320 e. The van der Waals surface area contributed by atoms with Crippen molar-refractivity contribution in [2.75, 3.05) is 5.75 Å². The van der Waals surface area contributed by atoms with Gasteiger partial charge in [-0.3, -0.25) is 4.98 Å². The van der Waals surface area contributed by atoms with Crippen molar-refractivity contribution in [3.05, 3.63) is 29.8 Å². The first-order chi connectivity index (χ1) is 12.6. The monoisotopic (exact) mass is 399 g/mol. The molecule has 144 valence electrons. The summed E-state index contributed by atoms with van der Waals surface area (Å²) in [7, 11) is -1.99. The van der Waals surface area contributed by atoms with Gasteiger partial charge in [0.2, 0.25) is 0 Å². The Kier molecular flexibility index (Phi) is 3.85. The Bertz CT molecular complexity index is 1140. The van der Waals surface area contributed by atoms with Gasteiger partial charge in [-0.05, 0) is 18.9 Å². The molecule has 1 saturated carbocycles. The van der Waals surface area contributed by atoms with Gasteiger partial charge in [0.1, 0.15) is 16.9 Å². The van der Waals surface area contributed by atoms with Crippen molar-refractivity contribution in [2.24, 2.45) is 7.05 Å². The molecule has 0 saturated heterocycles. The minimum absolute atomic E-state index is 0.00995. The van der Waals surface area contributed by atoms with E-state index in [9.17, 15) is 21.6 Å². The molecular weight excluding hydrogens is 383 g/mol. The second kappa shape index (κ2) is 5.78. The molecule has 11 heteroatoms. The predicted molar refractivity (Wildman–Crippen MR) is 90.3 cm³/mol. The van der Waals surface area contributed by atoms with Gasteiger partial charge in [-0.15, -0.1) is 0 Å². The highest BCUT2D eigenvalue weighted by atomic mass is 32.2. The fraction of sp³-hybridized carbons (Fsp3) is 0.438. The molecule has 1 aliphatic carbocycles. The summed E-state index contributed by atoms with van der Waals surface area (Å²) >= 11 is 0. The van der Waals surface area contributed by atoms with E-state index < -0.39 is 21.6 Å². The van der Waals surface area contributed by atoms with E-state index in [2.05, 4.69) is 15.1 Å². The largest absolute Gasteiger partial charge is 0.417 e. The van der Waals surface area contributed by atoms with Crippen molar-refractivity contribution < 1.29 is 21.6 Å². The van der Waals surface area contributed by atoms with Gasteiger partial charge in [0.25, 0.3) is 0 Å². The predicted octanol–water partition coefficient (Wildman–Crippen LogP) is 2.84. The molecule has 1 aliphatic rings. The van der Waals surface area contributed by atoms with Crippen LogP contribution >= 0.6 is 0 Å². The lowest BCUT2D eigenvalue weighted by molar-refractivity contribution is -0.137. The fourth-order valence-electron chi connectivity index (χ4n) is 2.99. The molecule has 3 aromatic rings. The first-order valence-electron chi connectivity index (χ1n) is 8.34. The fourth-order valence-corrected chi connectivity index (χ4v) is 4.19. The summed E-state index contributed by atoms with van der Waals surface area (Å²) in [6, 6.07) is 0.886. The number of rotatable bonds is 4. The normalized spacial score (nSPS) is 15.6. The van der Waals surface area contributed by atoms with Crippen molar-refractivity contribution in [3.63, 3.8) is 0 Å². The minimum atomic E-state index is -4.54. The van der Waals surface area contributed by atoms with Crippen LogP contribution in [0.5, 0.6) is 0 Å². The van der Waals surface area contributed by atoms with E-state index in [1.54, 1.807) is 11.6 Å². The van der Waals surface area contributed by atoms with Crippen molar-refractivity contribution in [2.45, 2.75) is 36.9 Å². The summed E-state index contributed by atoms with van der Waals surface area (Å²) in [4.78, 5) is 8.25. The average Bonchev–Trinajstić information content (AvgIpc) is 3.24. The molecule has 0 radical (unpaired) electrons. The number of pyridine rings is 1. The zero-order valence-corrected chi connectivity index (χ0v) is 15.3. The number of halogens is 3. The standard InChI is InChI=1S/C16H16F3N5O2S/c1-3-27(25,26)15-14(21-13(23(15)2)9-4-5-9)24-8-12-11(22-24)6-10(7-20-12)16(17,18)19/h6-9H,3-5H2,1-2H3. The number of fused-ring (bicyclic) bond motifs is 1. The molecule has 0 N–H and O–H groups in total. The maximum absolute atomic E-state index is 12.9. The molecule has 0 atom stereocenters. The van der Waals surface area contributed by atoms with Gasteiger partial charge in [0, 0.05) is 19.2 Å². The van der Waals surface area contributed by atoms with Crippen LogP contribution in [0.15, 0.2) is 23.5 Å². The number of alkyl halides is 3. The maximum atomic E-state index is 12.9. The zero-order chi connectivity index (χ0) is 19.6. The molecule has 3 heterocycles. The second-order valence-electron chi connectivity index (χ2n) is 6.54. The summed E-state index contributed by atoms with van der Waals surface area (Å²) in [5.41, 5.74) is -0.675. The van der Waals surface area contributed by atoms with Crippen LogP contribution in [0.25, 0.3) is 16.9 Å². The van der Waals surface area contributed by atoms with Crippen LogP contribution in [-0.2, 0) is 23.1 Å². The molecule has 0 bridgehead atoms. The molecule has 1 fully saturated rings. The molecule has 0 aromatic carbocycles. The highest BCUT2D eigenvalue weighted by molar-refractivity contribution is 7.91. The summed E-state index contributed by atoms with van der Waals surface area (Å²) in [5, 5.41) is 4.12. The van der Waals surface area contributed by atoms with Crippen LogP contribution in [0.4, 0.5) is 13.2 Å². The molecule has 0 spiro atoms. The third-order valence-electron chi connectivity index (χ3n) is 4.58. The maximum Gasteiger partial charge on any atom is 0.417 e. The number of sulfone groups is 1. The summed E-state index contributed by atoms with van der Waals surface area (Å²) in [6.07, 6.45) is -0.567. The highest BCUT2D eigenvalue weighted by Gasteiger charge is 2.35. The summed E-state index contributed by atoms with van der Waals surface area (Å²) in [5.74, 6) is 0.795. The van der Waals surface area contributed by atoms with Crippen LogP contribution in [-0.4, -0.2) is 38.5 Å². The van der Waals surface area contributed by atoms with E-state index >= 15 is 0 Å². The topological polar surface area (TPSA) is 82.7 Å². The van der Waals surface area contributed by atoms with E-state index in [1.807, 2.05) is 0 Å². The lowest BCUT2D eigenvalue weighted by atomic mass is 10.2. The van der Waals surface area contributed by atoms with Crippen molar-refractivity contribution >= 4 is 20.9 Å². The van der Waals surface area contributed by atoms with Crippen LogP contribution in [0.1, 0.15) is 37.1 Å². The Labute approximate surface area is 152 Å². The molecular formula is C16H16F3N5O2S. The van der Waals surface area contributed by atoms with Gasteiger partial charge in [-0.25, -0.2) is 18.1 Å². The first kappa shape index (κ1) is 18.0. The van der Waals surface area contributed by atoms with Gasteiger partial charge in [-0.1, -0.05) is 6.92 Å². The van der Waals surface area contributed by atoms with Crippen molar-refractivity contribution in [3.8, 4) is 5.82 Å². The Morgan fingerprint density at radius 2 is 1.96 bits per heavy atom. The third kappa shape index (κ3) is 2.99. The number of imidazole rings is 1. The second-order valence-corrected chi connectivity index (χ2v) is 8.73. The van der Waals surface area contributed by atoms with E-state index in [-0.39, 0.29) is 33.5 Å². The van der Waals surface area contributed by atoms with Crippen molar-refractivity contribution in [1.29, 1.82) is 0 Å². The Hall–Kier alpha value is -2.43. The Balaban J connectivity index is 1.91. The van der Waals surface area contributed by atoms with Gasteiger partial charge in [0.05, 0.1) is 17.5 Å². The highest BCUT2D eigenvalue weighted by Crippen LogP contribution is 2.41. The quantitative estimate of drug-likeness (QED) is 0.674. The number of nitrogens with zero attached hydrogens (tertiary/aromatic N) is 5. The average molecular weight is 399 g/mol. The third-order valence-corrected chi connectivity index (χ3v) is 6.38. The molecule has 0 amide bonds. The number of hydrogen-bond acceptors (Lipinski definition) is 5. The summed E-state index contributed by atoms with van der Waals surface area (Å²) < 4.78 is 66.6. The lowest BCUT2D eigenvalue weighted by Gasteiger charge is -2.06. The van der Waals surface area contributed by atoms with E-state index in [1.165, 1.54) is 17.8 Å². The van der Waals surface area contributed by atoms with Crippen LogP contribution in [0, 0.1) is 0 Å². The van der Waals surface area contributed by atoms with Gasteiger partial charge in [0.15, 0.2) is 20.7 Å². The smallest absolute Gasteiger partial charge is 0.320 e. The van der Waals surface area contributed by atoms with E-state index in [0.29, 0.717) is 5.82 Å². The number of hydrogen-bond donors (Lipinski definition) is 0.